The van der Waals surface area contributed by atoms with Crippen LogP contribution in [0, 0.1) is 11.6 Å². The SMILES string of the molecule is CCc1ccc(CC(O)Cc2ccc(F)c(F)c2)nc1. The van der Waals surface area contributed by atoms with Crippen molar-refractivity contribution in [1.29, 1.82) is 0 Å². The minimum Gasteiger partial charge on any atom is -0.392 e. The van der Waals surface area contributed by atoms with Crippen LogP contribution >= 0.6 is 0 Å². The summed E-state index contributed by atoms with van der Waals surface area (Å²) in [5.74, 6) is -1.76. The molecule has 0 aliphatic heterocycles. The second-order valence-electron chi connectivity index (χ2n) is 4.82. The molecule has 0 aliphatic rings. The molecule has 0 saturated heterocycles. The van der Waals surface area contributed by atoms with Gasteiger partial charge in [0.05, 0.1) is 6.10 Å². The molecule has 4 heteroatoms. The minimum atomic E-state index is -0.889. The fourth-order valence-electron chi connectivity index (χ4n) is 2.04. The van der Waals surface area contributed by atoms with Crippen LogP contribution in [0.15, 0.2) is 36.5 Å². The molecule has 1 atom stereocenters. The van der Waals surface area contributed by atoms with Crippen LogP contribution < -0.4 is 0 Å². The lowest BCUT2D eigenvalue weighted by Crippen LogP contribution is -2.15. The standard InChI is InChI=1S/C16H17F2NO/c1-2-11-3-5-13(19-10-11)9-14(20)7-12-4-6-15(17)16(18)8-12/h3-6,8,10,14,20H,2,7,9H2,1H3. The monoisotopic (exact) mass is 277 g/mol. The van der Waals surface area contributed by atoms with Crippen LogP contribution in [-0.2, 0) is 19.3 Å². The smallest absolute Gasteiger partial charge is 0.159 e. The number of halogens is 2. The summed E-state index contributed by atoms with van der Waals surface area (Å²) in [6, 6.07) is 7.53. The van der Waals surface area contributed by atoms with Gasteiger partial charge >= 0.3 is 0 Å². The summed E-state index contributed by atoms with van der Waals surface area (Å²) in [5.41, 5.74) is 2.50. The molecule has 1 heterocycles. The summed E-state index contributed by atoms with van der Waals surface area (Å²) >= 11 is 0. The number of pyridine rings is 1. The molecule has 0 radical (unpaired) electrons. The third-order valence-corrected chi connectivity index (χ3v) is 3.19. The Morgan fingerprint density at radius 2 is 1.80 bits per heavy atom. The molecule has 0 fully saturated rings. The van der Waals surface area contributed by atoms with Crippen LogP contribution in [0.2, 0.25) is 0 Å². The largest absolute Gasteiger partial charge is 0.392 e. The van der Waals surface area contributed by atoms with Gasteiger partial charge in [-0.2, -0.15) is 0 Å². The van der Waals surface area contributed by atoms with E-state index in [4.69, 9.17) is 0 Å². The molecule has 0 saturated carbocycles. The predicted octanol–water partition coefficient (Wildman–Crippen LogP) is 3.07. The number of rotatable bonds is 5. The summed E-state index contributed by atoms with van der Waals surface area (Å²) in [4.78, 5) is 4.27. The van der Waals surface area contributed by atoms with Gasteiger partial charge in [0, 0.05) is 18.3 Å². The molecule has 106 valence electrons. The molecule has 0 aliphatic carbocycles. The van der Waals surface area contributed by atoms with Crippen molar-refractivity contribution in [3.8, 4) is 0 Å². The van der Waals surface area contributed by atoms with E-state index in [0.29, 0.717) is 12.0 Å². The van der Waals surface area contributed by atoms with Crippen molar-refractivity contribution in [3.63, 3.8) is 0 Å². The zero-order chi connectivity index (χ0) is 14.5. The van der Waals surface area contributed by atoms with Gasteiger partial charge in [0.2, 0.25) is 0 Å². The predicted molar refractivity (Wildman–Crippen MR) is 73.4 cm³/mol. The van der Waals surface area contributed by atoms with Crippen LogP contribution in [0.25, 0.3) is 0 Å². The van der Waals surface area contributed by atoms with Crippen LogP contribution in [-0.4, -0.2) is 16.2 Å². The molecule has 1 aromatic carbocycles. The third kappa shape index (κ3) is 3.84. The molecule has 2 rings (SSSR count). The Morgan fingerprint density at radius 1 is 1.05 bits per heavy atom. The molecular weight excluding hydrogens is 260 g/mol. The minimum absolute atomic E-state index is 0.272. The summed E-state index contributed by atoms with van der Waals surface area (Å²) in [7, 11) is 0. The highest BCUT2D eigenvalue weighted by Crippen LogP contribution is 2.12. The van der Waals surface area contributed by atoms with Crippen LogP contribution in [0.4, 0.5) is 8.78 Å². The summed E-state index contributed by atoms with van der Waals surface area (Å²) < 4.78 is 25.9. The Morgan fingerprint density at radius 3 is 2.40 bits per heavy atom. The highest BCUT2D eigenvalue weighted by atomic mass is 19.2. The lowest BCUT2D eigenvalue weighted by molar-refractivity contribution is 0.174. The summed E-state index contributed by atoms with van der Waals surface area (Å²) in [5, 5.41) is 9.99. The van der Waals surface area contributed by atoms with Gasteiger partial charge in [-0.15, -0.1) is 0 Å². The van der Waals surface area contributed by atoms with E-state index in [1.54, 1.807) is 6.20 Å². The average molecular weight is 277 g/mol. The van der Waals surface area contributed by atoms with Gasteiger partial charge in [0.25, 0.3) is 0 Å². The lowest BCUT2D eigenvalue weighted by atomic mass is 10.0. The Labute approximate surface area is 117 Å². The zero-order valence-corrected chi connectivity index (χ0v) is 11.3. The van der Waals surface area contributed by atoms with E-state index in [9.17, 15) is 13.9 Å². The second kappa shape index (κ2) is 6.57. The molecule has 20 heavy (non-hydrogen) atoms. The van der Waals surface area contributed by atoms with Gasteiger partial charge < -0.3 is 5.11 Å². The van der Waals surface area contributed by atoms with Crippen molar-refractivity contribution < 1.29 is 13.9 Å². The van der Waals surface area contributed by atoms with Crippen molar-refractivity contribution in [2.75, 3.05) is 0 Å². The zero-order valence-electron chi connectivity index (χ0n) is 11.3. The van der Waals surface area contributed by atoms with Gasteiger partial charge in [-0.05, 0) is 42.2 Å². The van der Waals surface area contributed by atoms with E-state index >= 15 is 0 Å². The normalized spacial score (nSPS) is 12.4. The first-order chi connectivity index (χ1) is 9.58. The number of benzene rings is 1. The maximum atomic E-state index is 13.1. The molecule has 0 amide bonds. The quantitative estimate of drug-likeness (QED) is 0.911. The van der Waals surface area contributed by atoms with Gasteiger partial charge in [0.15, 0.2) is 11.6 Å². The maximum Gasteiger partial charge on any atom is 0.159 e. The fraction of sp³-hybridized carbons (Fsp3) is 0.312. The van der Waals surface area contributed by atoms with E-state index in [0.717, 1.165) is 29.8 Å². The van der Waals surface area contributed by atoms with Crippen molar-refractivity contribution in [3.05, 3.63) is 65.0 Å². The third-order valence-electron chi connectivity index (χ3n) is 3.19. The van der Waals surface area contributed by atoms with E-state index in [1.165, 1.54) is 6.07 Å². The van der Waals surface area contributed by atoms with Gasteiger partial charge in [-0.1, -0.05) is 19.1 Å². The van der Waals surface area contributed by atoms with E-state index in [-0.39, 0.29) is 6.42 Å². The maximum absolute atomic E-state index is 13.1. The number of aliphatic hydroxyl groups is 1. The topological polar surface area (TPSA) is 33.1 Å². The van der Waals surface area contributed by atoms with Crippen LogP contribution in [0.5, 0.6) is 0 Å². The molecule has 0 bridgehead atoms. The second-order valence-corrected chi connectivity index (χ2v) is 4.82. The molecule has 0 spiro atoms. The first-order valence-electron chi connectivity index (χ1n) is 6.64. The summed E-state index contributed by atoms with van der Waals surface area (Å²) in [6.07, 6.45) is 2.71. The van der Waals surface area contributed by atoms with Crippen molar-refractivity contribution in [2.24, 2.45) is 0 Å². The molecular formula is C16H17F2NO. The molecule has 2 nitrogen and oxygen atoms in total. The molecule has 1 aromatic heterocycles. The Bertz CT molecular complexity index is 569. The van der Waals surface area contributed by atoms with E-state index in [1.807, 2.05) is 12.1 Å². The average Bonchev–Trinajstić information content (AvgIpc) is 2.44. The Balaban J connectivity index is 1.97. The Hall–Kier alpha value is -1.81. The number of hydrogen-bond donors (Lipinski definition) is 1. The molecule has 1 unspecified atom stereocenters. The molecule has 1 N–H and O–H groups in total. The summed E-state index contributed by atoms with van der Waals surface area (Å²) in [6.45, 7) is 2.05. The van der Waals surface area contributed by atoms with Crippen LogP contribution in [0.1, 0.15) is 23.7 Å². The van der Waals surface area contributed by atoms with Gasteiger partial charge in [-0.3, -0.25) is 4.98 Å². The Kier molecular flexibility index (Phi) is 4.79. The van der Waals surface area contributed by atoms with Gasteiger partial charge in [-0.25, -0.2) is 8.78 Å². The lowest BCUT2D eigenvalue weighted by Gasteiger charge is -2.11. The van der Waals surface area contributed by atoms with E-state index in [2.05, 4.69) is 11.9 Å². The number of aromatic nitrogens is 1. The number of hydrogen-bond acceptors (Lipinski definition) is 2. The van der Waals surface area contributed by atoms with E-state index < -0.39 is 17.7 Å². The van der Waals surface area contributed by atoms with Crippen molar-refractivity contribution >= 4 is 0 Å². The van der Waals surface area contributed by atoms with Crippen molar-refractivity contribution in [1.82, 2.24) is 4.98 Å². The van der Waals surface area contributed by atoms with Crippen LogP contribution in [0.3, 0.4) is 0 Å². The fourth-order valence-corrected chi connectivity index (χ4v) is 2.04. The van der Waals surface area contributed by atoms with Crippen molar-refractivity contribution in [2.45, 2.75) is 32.3 Å². The molecule has 2 aromatic rings. The number of aliphatic hydroxyl groups excluding tert-OH is 1. The highest BCUT2D eigenvalue weighted by Gasteiger charge is 2.10. The number of aryl methyl sites for hydroxylation is 1. The van der Waals surface area contributed by atoms with Gasteiger partial charge in [0.1, 0.15) is 0 Å². The number of nitrogens with zero attached hydrogens (tertiary/aromatic N) is 1. The highest BCUT2D eigenvalue weighted by molar-refractivity contribution is 5.19. The first kappa shape index (κ1) is 14.6. The first-order valence-corrected chi connectivity index (χ1v) is 6.64.